The first-order valence-corrected chi connectivity index (χ1v) is 14.4. The summed E-state index contributed by atoms with van der Waals surface area (Å²) in [7, 11) is 3.19. The van der Waals surface area contributed by atoms with Crippen molar-refractivity contribution in [2.75, 3.05) is 27.4 Å². The Hall–Kier alpha value is -4.00. The quantitative estimate of drug-likeness (QED) is 0.179. The Labute approximate surface area is 243 Å². The lowest BCUT2D eigenvalue weighted by atomic mass is 9.87. The molecule has 3 aromatic carbocycles. The maximum absolute atomic E-state index is 12.5. The van der Waals surface area contributed by atoms with Gasteiger partial charge in [0.15, 0.2) is 11.5 Å². The molecule has 7 nitrogen and oxygen atoms in total. The van der Waals surface area contributed by atoms with Crippen molar-refractivity contribution in [3.05, 3.63) is 83.7 Å². The fourth-order valence-corrected chi connectivity index (χ4v) is 4.89. The molecule has 218 valence electrons. The average molecular weight is 558 g/mol. The molecule has 0 fully saturated rings. The molecular formula is C34H43N3O4. The molecule has 0 atom stereocenters. The van der Waals surface area contributed by atoms with Crippen LogP contribution in [0, 0.1) is 0 Å². The number of para-hydroxylation sites is 2. The molecule has 0 saturated heterocycles. The molecule has 0 aliphatic rings. The normalized spacial score (nSPS) is 11.4. The van der Waals surface area contributed by atoms with E-state index >= 15 is 0 Å². The molecule has 1 amide bonds. The summed E-state index contributed by atoms with van der Waals surface area (Å²) >= 11 is 0. The molecule has 7 heteroatoms. The molecule has 1 N–H and O–H groups in total. The number of amides is 1. The van der Waals surface area contributed by atoms with E-state index in [4.69, 9.17) is 19.2 Å². The zero-order valence-electron chi connectivity index (χ0n) is 25.0. The number of hydrogen-bond acceptors (Lipinski definition) is 5. The van der Waals surface area contributed by atoms with Crippen LogP contribution in [0.4, 0.5) is 0 Å². The van der Waals surface area contributed by atoms with E-state index in [1.165, 1.54) is 5.56 Å². The number of nitrogens with one attached hydrogen (secondary N) is 1. The van der Waals surface area contributed by atoms with Crippen LogP contribution in [0.15, 0.2) is 66.7 Å². The predicted octanol–water partition coefficient (Wildman–Crippen LogP) is 6.50. The van der Waals surface area contributed by atoms with Crippen molar-refractivity contribution in [1.82, 2.24) is 14.9 Å². The van der Waals surface area contributed by atoms with Gasteiger partial charge in [-0.3, -0.25) is 4.79 Å². The lowest BCUT2D eigenvalue weighted by molar-refractivity contribution is -0.120. The van der Waals surface area contributed by atoms with E-state index in [0.29, 0.717) is 31.1 Å². The molecule has 1 aromatic heterocycles. The molecule has 0 bridgehead atoms. The van der Waals surface area contributed by atoms with Gasteiger partial charge in [0.25, 0.3) is 0 Å². The smallest absolute Gasteiger partial charge is 0.224 e. The van der Waals surface area contributed by atoms with Gasteiger partial charge in [0.1, 0.15) is 11.6 Å². The van der Waals surface area contributed by atoms with Crippen molar-refractivity contribution in [1.29, 1.82) is 0 Å². The Morgan fingerprint density at radius 3 is 2.39 bits per heavy atom. The number of unbranched alkanes of at least 4 members (excludes halogenated alkanes) is 1. The van der Waals surface area contributed by atoms with Crippen LogP contribution in [0.25, 0.3) is 11.0 Å². The molecule has 0 aliphatic heterocycles. The van der Waals surface area contributed by atoms with Crippen LogP contribution < -0.4 is 19.5 Å². The van der Waals surface area contributed by atoms with Gasteiger partial charge in [-0.25, -0.2) is 4.98 Å². The number of carbonyl (C=O) groups excluding carboxylic acids is 1. The molecule has 41 heavy (non-hydrogen) atoms. The van der Waals surface area contributed by atoms with Gasteiger partial charge in [0.05, 0.1) is 38.3 Å². The van der Waals surface area contributed by atoms with Crippen LogP contribution >= 0.6 is 0 Å². The molecule has 0 spiro atoms. The van der Waals surface area contributed by atoms with E-state index in [1.807, 2.05) is 24.3 Å². The van der Waals surface area contributed by atoms with Crippen molar-refractivity contribution < 1.29 is 19.0 Å². The Kier molecular flexibility index (Phi) is 10.3. The SMILES string of the molecule is COc1ccc(CC(=O)NCCCc2nc3ccccc3n2CCCCOc2ccc(C(C)(C)C)cc2)cc1OC. The van der Waals surface area contributed by atoms with Crippen LogP contribution in [0.2, 0.25) is 0 Å². The number of aromatic nitrogens is 2. The monoisotopic (exact) mass is 557 g/mol. The van der Waals surface area contributed by atoms with Crippen LogP contribution in [0.1, 0.15) is 57.0 Å². The van der Waals surface area contributed by atoms with Crippen LogP contribution in [-0.4, -0.2) is 42.8 Å². The Morgan fingerprint density at radius 1 is 0.902 bits per heavy atom. The van der Waals surface area contributed by atoms with E-state index < -0.39 is 0 Å². The molecular weight excluding hydrogens is 514 g/mol. The Bertz CT molecular complexity index is 1420. The third-order valence-electron chi connectivity index (χ3n) is 7.21. The van der Waals surface area contributed by atoms with Gasteiger partial charge in [0, 0.05) is 19.5 Å². The predicted molar refractivity (Wildman–Crippen MR) is 164 cm³/mol. The van der Waals surface area contributed by atoms with Gasteiger partial charge in [-0.1, -0.05) is 51.1 Å². The molecule has 0 saturated carbocycles. The number of imidazole rings is 1. The number of methoxy groups -OCH3 is 2. The molecule has 0 unspecified atom stereocenters. The van der Waals surface area contributed by atoms with Crippen molar-refractivity contribution in [3.8, 4) is 17.2 Å². The number of hydrogen-bond donors (Lipinski definition) is 1. The number of carbonyl (C=O) groups is 1. The second-order valence-electron chi connectivity index (χ2n) is 11.3. The summed E-state index contributed by atoms with van der Waals surface area (Å²) in [6.07, 6.45) is 3.85. The summed E-state index contributed by atoms with van der Waals surface area (Å²) in [5.41, 5.74) is 4.49. The van der Waals surface area contributed by atoms with Crippen molar-refractivity contribution in [2.24, 2.45) is 0 Å². The number of ether oxygens (including phenoxy) is 3. The third-order valence-corrected chi connectivity index (χ3v) is 7.21. The highest BCUT2D eigenvalue weighted by molar-refractivity contribution is 5.79. The largest absolute Gasteiger partial charge is 0.494 e. The zero-order valence-corrected chi connectivity index (χ0v) is 25.0. The van der Waals surface area contributed by atoms with Crippen LogP contribution in [-0.2, 0) is 29.6 Å². The van der Waals surface area contributed by atoms with Crippen molar-refractivity contribution >= 4 is 16.9 Å². The van der Waals surface area contributed by atoms with Crippen LogP contribution in [0.3, 0.4) is 0 Å². The first kappa shape index (κ1) is 30.0. The summed E-state index contributed by atoms with van der Waals surface area (Å²) in [6, 6.07) is 22.3. The fourth-order valence-electron chi connectivity index (χ4n) is 4.89. The minimum atomic E-state index is -0.0150. The Morgan fingerprint density at radius 2 is 1.66 bits per heavy atom. The minimum Gasteiger partial charge on any atom is -0.494 e. The lowest BCUT2D eigenvalue weighted by Gasteiger charge is -2.19. The summed E-state index contributed by atoms with van der Waals surface area (Å²) < 4.78 is 18.9. The van der Waals surface area contributed by atoms with Crippen LogP contribution in [0.5, 0.6) is 17.2 Å². The Balaban J connectivity index is 1.25. The molecule has 1 heterocycles. The minimum absolute atomic E-state index is 0.0150. The number of benzene rings is 3. The summed E-state index contributed by atoms with van der Waals surface area (Å²) in [5, 5.41) is 3.04. The van der Waals surface area contributed by atoms with E-state index in [2.05, 4.69) is 73.1 Å². The van der Waals surface area contributed by atoms with E-state index in [0.717, 1.165) is 60.4 Å². The van der Waals surface area contributed by atoms with Gasteiger partial charge in [0.2, 0.25) is 5.91 Å². The van der Waals surface area contributed by atoms with Gasteiger partial charge < -0.3 is 24.1 Å². The molecule has 0 radical (unpaired) electrons. The first-order chi connectivity index (χ1) is 19.8. The maximum atomic E-state index is 12.5. The van der Waals surface area contributed by atoms with Gasteiger partial charge >= 0.3 is 0 Å². The molecule has 0 aliphatic carbocycles. The fraction of sp³-hybridized carbons (Fsp3) is 0.412. The number of aryl methyl sites for hydroxylation is 2. The van der Waals surface area contributed by atoms with E-state index in [1.54, 1.807) is 14.2 Å². The standard InChI is InChI=1S/C34H43N3O4/c1-34(2,3)26-15-17-27(18-16-26)41-22-9-8-21-37-29-12-7-6-11-28(29)36-32(37)13-10-20-35-33(38)24-25-14-19-30(39-4)31(23-25)40-5/h6-7,11-12,14-19,23H,8-10,13,20-22,24H2,1-5H3,(H,35,38). The number of fused-ring (bicyclic) bond motifs is 1. The van der Waals surface area contributed by atoms with Gasteiger partial charge in [-0.05, 0) is 72.2 Å². The maximum Gasteiger partial charge on any atom is 0.224 e. The molecule has 4 aromatic rings. The van der Waals surface area contributed by atoms with Crippen molar-refractivity contribution in [3.63, 3.8) is 0 Å². The summed E-state index contributed by atoms with van der Waals surface area (Å²) in [5.74, 6) is 3.23. The zero-order chi connectivity index (χ0) is 29.2. The highest BCUT2D eigenvalue weighted by Crippen LogP contribution is 2.28. The highest BCUT2D eigenvalue weighted by atomic mass is 16.5. The van der Waals surface area contributed by atoms with Gasteiger partial charge in [-0.15, -0.1) is 0 Å². The first-order valence-electron chi connectivity index (χ1n) is 14.4. The lowest BCUT2D eigenvalue weighted by Crippen LogP contribution is -2.26. The number of rotatable bonds is 14. The average Bonchev–Trinajstić information content (AvgIpc) is 3.32. The summed E-state index contributed by atoms with van der Waals surface area (Å²) in [6.45, 7) is 8.81. The third kappa shape index (κ3) is 8.26. The molecule has 4 rings (SSSR count). The highest BCUT2D eigenvalue weighted by Gasteiger charge is 2.14. The van der Waals surface area contributed by atoms with E-state index in [-0.39, 0.29) is 11.3 Å². The topological polar surface area (TPSA) is 74.6 Å². The second kappa shape index (κ2) is 14.1. The van der Waals surface area contributed by atoms with E-state index in [9.17, 15) is 4.79 Å². The summed E-state index contributed by atoms with van der Waals surface area (Å²) in [4.78, 5) is 17.4. The van der Waals surface area contributed by atoms with Gasteiger partial charge in [-0.2, -0.15) is 0 Å². The number of nitrogens with zero attached hydrogens (tertiary/aromatic N) is 2. The second-order valence-corrected chi connectivity index (χ2v) is 11.3. The van der Waals surface area contributed by atoms with Crippen molar-refractivity contribution in [2.45, 2.75) is 64.8 Å².